The summed E-state index contributed by atoms with van der Waals surface area (Å²) in [5, 5.41) is 2.43. The Morgan fingerprint density at radius 3 is 2.55 bits per heavy atom. The first kappa shape index (κ1) is 14.0. The number of alkyl halides is 3. The molecule has 1 N–H and O–H groups in total. The van der Waals surface area contributed by atoms with Crippen LogP contribution in [0.3, 0.4) is 0 Å². The first-order valence-electron chi connectivity index (χ1n) is 5.60. The van der Waals surface area contributed by atoms with E-state index in [-0.39, 0.29) is 23.7 Å². The lowest BCUT2D eigenvalue weighted by molar-refractivity contribution is -0.137. The van der Waals surface area contributed by atoms with Gasteiger partial charge in [0.25, 0.3) is 10.9 Å². The number of aromatic nitrogens is 1. The molecule has 20 heavy (non-hydrogen) atoms. The Hall–Kier alpha value is -2.38. The molecule has 0 saturated heterocycles. The summed E-state index contributed by atoms with van der Waals surface area (Å²) in [6.07, 6.45) is -2.76. The summed E-state index contributed by atoms with van der Waals surface area (Å²) >= 11 is 0. The van der Waals surface area contributed by atoms with Gasteiger partial charge in [-0.25, -0.2) is 0 Å². The number of pyridine rings is 1. The average Bonchev–Trinajstić information content (AvgIpc) is 2.41. The van der Waals surface area contributed by atoms with Crippen molar-refractivity contribution in [3.63, 3.8) is 0 Å². The van der Waals surface area contributed by atoms with Crippen molar-refractivity contribution in [1.29, 1.82) is 0 Å². The SMILES string of the molecule is CCOc1c(Nc2cncc(C(F)(F)F)c2)c(=O)c1=O. The Morgan fingerprint density at radius 2 is 1.95 bits per heavy atom. The lowest BCUT2D eigenvalue weighted by Crippen LogP contribution is -2.35. The van der Waals surface area contributed by atoms with Gasteiger partial charge in [-0.15, -0.1) is 0 Å². The average molecular weight is 286 g/mol. The molecule has 2 rings (SSSR count). The minimum Gasteiger partial charge on any atom is -0.488 e. The van der Waals surface area contributed by atoms with Crippen LogP contribution in [0.15, 0.2) is 28.0 Å². The summed E-state index contributed by atoms with van der Waals surface area (Å²) in [5.41, 5.74) is -2.79. The summed E-state index contributed by atoms with van der Waals surface area (Å²) in [5.74, 6) is -0.171. The molecule has 0 aliphatic carbocycles. The Kier molecular flexibility index (Phi) is 3.47. The molecule has 0 bridgehead atoms. The van der Waals surface area contributed by atoms with E-state index in [0.29, 0.717) is 6.20 Å². The largest absolute Gasteiger partial charge is 0.488 e. The zero-order valence-electron chi connectivity index (χ0n) is 10.2. The Morgan fingerprint density at radius 1 is 1.25 bits per heavy atom. The first-order chi connectivity index (χ1) is 9.34. The third-order valence-corrected chi connectivity index (χ3v) is 2.49. The van der Waals surface area contributed by atoms with Gasteiger partial charge in [0.05, 0.1) is 24.1 Å². The van der Waals surface area contributed by atoms with Crippen LogP contribution in [0.4, 0.5) is 24.5 Å². The molecule has 0 radical (unpaired) electrons. The second-order valence-electron chi connectivity index (χ2n) is 3.88. The third-order valence-electron chi connectivity index (χ3n) is 2.49. The number of nitrogens with one attached hydrogen (secondary N) is 1. The molecule has 106 valence electrons. The van der Waals surface area contributed by atoms with Crippen LogP contribution in [-0.2, 0) is 6.18 Å². The van der Waals surface area contributed by atoms with Crippen molar-refractivity contribution in [3.05, 3.63) is 44.5 Å². The van der Waals surface area contributed by atoms with E-state index in [1.54, 1.807) is 6.92 Å². The molecule has 0 fully saturated rings. The van der Waals surface area contributed by atoms with Crippen molar-refractivity contribution in [3.8, 4) is 5.75 Å². The minimum absolute atomic E-state index is 0.0483. The Balaban J connectivity index is 2.30. The third kappa shape index (κ3) is 2.49. The fourth-order valence-electron chi connectivity index (χ4n) is 1.57. The molecule has 0 spiro atoms. The zero-order chi connectivity index (χ0) is 14.9. The number of hydrogen-bond acceptors (Lipinski definition) is 5. The van der Waals surface area contributed by atoms with Crippen LogP contribution < -0.4 is 20.9 Å². The standard InChI is InChI=1S/C12H9F3N2O3/c1-2-20-11-8(9(18)10(11)19)17-7-3-6(4-16-5-7)12(13,14)15/h3-5,17H,2H2,1H3. The molecule has 1 aromatic heterocycles. The highest BCUT2D eigenvalue weighted by Gasteiger charge is 2.31. The van der Waals surface area contributed by atoms with E-state index >= 15 is 0 Å². The number of nitrogens with zero attached hydrogens (tertiary/aromatic N) is 1. The molecule has 0 unspecified atom stereocenters. The molecule has 1 heterocycles. The number of hydrogen-bond donors (Lipinski definition) is 1. The predicted octanol–water partition coefficient (Wildman–Crippen LogP) is 1.84. The number of halogens is 3. The Labute approximate surface area is 110 Å². The fraction of sp³-hybridized carbons (Fsp3) is 0.250. The van der Waals surface area contributed by atoms with Crippen LogP contribution in [0.5, 0.6) is 5.75 Å². The molecular formula is C12H9F3N2O3. The van der Waals surface area contributed by atoms with E-state index in [9.17, 15) is 22.8 Å². The van der Waals surface area contributed by atoms with Gasteiger partial charge in [0.2, 0.25) is 0 Å². The molecule has 0 amide bonds. The van der Waals surface area contributed by atoms with Gasteiger partial charge in [-0.1, -0.05) is 0 Å². The molecule has 8 heteroatoms. The molecule has 5 nitrogen and oxygen atoms in total. The topological polar surface area (TPSA) is 68.3 Å². The van der Waals surface area contributed by atoms with Crippen LogP contribution in [0, 0.1) is 0 Å². The molecule has 1 aromatic carbocycles. The highest BCUT2D eigenvalue weighted by molar-refractivity contribution is 5.69. The van der Waals surface area contributed by atoms with Gasteiger partial charge in [-0.2, -0.15) is 13.2 Å². The van der Waals surface area contributed by atoms with Crippen LogP contribution in [0.25, 0.3) is 0 Å². The van der Waals surface area contributed by atoms with E-state index in [1.807, 2.05) is 0 Å². The lowest BCUT2D eigenvalue weighted by Gasteiger charge is -2.14. The molecule has 0 aliphatic heterocycles. The highest BCUT2D eigenvalue weighted by Crippen LogP contribution is 2.31. The Bertz CT molecular complexity index is 703. The van der Waals surface area contributed by atoms with Gasteiger partial charge < -0.3 is 10.1 Å². The van der Waals surface area contributed by atoms with Crippen molar-refractivity contribution >= 4 is 11.4 Å². The summed E-state index contributed by atoms with van der Waals surface area (Å²) in [6, 6.07) is 0.791. The van der Waals surface area contributed by atoms with E-state index < -0.39 is 22.6 Å². The molecule has 0 aliphatic rings. The summed E-state index contributed by atoms with van der Waals surface area (Å²) < 4.78 is 42.5. The minimum atomic E-state index is -4.54. The van der Waals surface area contributed by atoms with Gasteiger partial charge in [-0.3, -0.25) is 14.6 Å². The maximum Gasteiger partial charge on any atom is 0.417 e. The van der Waals surface area contributed by atoms with Crippen LogP contribution in [0.1, 0.15) is 12.5 Å². The van der Waals surface area contributed by atoms with Gasteiger partial charge in [0.1, 0.15) is 5.69 Å². The molecule has 0 atom stereocenters. The van der Waals surface area contributed by atoms with Crippen LogP contribution in [0.2, 0.25) is 0 Å². The van der Waals surface area contributed by atoms with E-state index in [4.69, 9.17) is 4.74 Å². The zero-order valence-corrected chi connectivity index (χ0v) is 10.2. The monoisotopic (exact) mass is 286 g/mol. The van der Waals surface area contributed by atoms with E-state index in [1.165, 1.54) is 0 Å². The first-order valence-corrected chi connectivity index (χ1v) is 5.60. The van der Waals surface area contributed by atoms with Gasteiger partial charge in [0, 0.05) is 6.20 Å². The van der Waals surface area contributed by atoms with Gasteiger partial charge in [0.15, 0.2) is 5.75 Å². The van der Waals surface area contributed by atoms with Gasteiger partial charge in [-0.05, 0) is 13.0 Å². The quantitative estimate of drug-likeness (QED) is 0.869. The van der Waals surface area contributed by atoms with Crippen molar-refractivity contribution < 1.29 is 17.9 Å². The highest BCUT2D eigenvalue weighted by atomic mass is 19.4. The number of rotatable bonds is 4. The summed E-state index contributed by atoms with van der Waals surface area (Å²) in [7, 11) is 0. The van der Waals surface area contributed by atoms with Crippen LogP contribution in [-0.4, -0.2) is 11.6 Å². The van der Waals surface area contributed by atoms with Crippen molar-refractivity contribution in [2.75, 3.05) is 11.9 Å². The van der Waals surface area contributed by atoms with Crippen molar-refractivity contribution in [2.24, 2.45) is 0 Å². The lowest BCUT2D eigenvalue weighted by atomic mass is 10.2. The van der Waals surface area contributed by atoms with Crippen molar-refractivity contribution in [2.45, 2.75) is 13.1 Å². The van der Waals surface area contributed by atoms with Gasteiger partial charge >= 0.3 is 6.18 Å². The molecule has 0 saturated carbocycles. The predicted molar refractivity (Wildman–Crippen MR) is 65.0 cm³/mol. The molecular weight excluding hydrogens is 277 g/mol. The fourth-order valence-corrected chi connectivity index (χ4v) is 1.57. The maximum atomic E-state index is 12.5. The summed E-state index contributed by atoms with van der Waals surface area (Å²) in [4.78, 5) is 26.0. The second-order valence-corrected chi connectivity index (χ2v) is 3.88. The normalized spacial score (nSPS) is 11.6. The molecule has 2 aromatic rings. The van der Waals surface area contributed by atoms with Crippen molar-refractivity contribution in [1.82, 2.24) is 4.98 Å². The second kappa shape index (κ2) is 4.95. The van der Waals surface area contributed by atoms with E-state index in [2.05, 4.69) is 10.3 Å². The van der Waals surface area contributed by atoms with E-state index in [0.717, 1.165) is 12.3 Å². The van der Waals surface area contributed by atoms with Crippen LogP contribution >= 0.6 is 0 Å². The number of ether oxygens (including phenoxy) is 1. The number of anilines is 2. The maximum absolute atomic E-state index is 12.5. The summed E-state index contributed by atoms with van der Waals surface area (Å²) in [6.45, 7) is 1.78. The smallest absolute Gasteiger partial charge is 0.417 e.